The average molecular weight is 254 g/mol. The molecule has 102 valence electrons. The molecular weight excluding hydrogens is 232 g/mol. The smallest absolute Gasteiger partial charge is 0.310 e. The van der Waals surface area contributed by atoms with Crippen LogP contribution < -0.4 is 0 Å². The Morgan fingerprint density at radius 1 is 1.11 bits per heavy atom. The van der Waals surface area contributed by atoms with Gasteiger partial charge in [0.2, 0.25) is 0 Å². The molecule has 0 fully saturated rings. The summed E-state index contributed by atoms with van der Waals surface area (Å²) in [5, 5.41) is 17.9. The van der Waals surface area contributed by atoms with Gasteiger partial charge in [-0.05, 0) is 31.6 Å². The zero-order chi connectivity index (χ0) is 14.1. The summed E-state index contributed by atoms with van der Waals surface area (Å²) < 4.78 is 0. The van der Waals surface area contributed by atoms with Crippen molar-refractivity contribution in [2.75, 3.05) is 0 Å². The van der Waals surface area contributed by atoms with Crippen LogP contribution in [-0.4, -0.2) is 22.2 Å². The lowest BCUT2D eigenvalue weighted by Gasteiger charge is -2.18. The molecular formula is C14H22O4. The molecule has 0 aromatic heterocycles. The highest BCUT2D eigenvalue weighted by atomic mass is 16.4. The van der Waals surface area contributed by atoms with Gasteiger partial charge in [0, 0.05) is 0 Å². The lowest BCUT2D eigenvalue weighted by atomic mass is 9.87. The number of rotatable bonds is 10. The fourth-order valence-corrected chi connectivity index (χ4v) is 1.88. The van der Waals surface area contributed by atoms with Crippen molar-refractivity contribution < 1.29 is 19.8 Å². The van der Waals surface area contributed by atoms with E-state index >= 15 is 0 Å². The molecule has 0 saturated carbocycles. The minimum Gasteiger partial charge on any atom is -0.481 e. The molecule has 0 aliphatic heterocycles. The first-order valence-corrected chi connectivity index (χ1v) is 6.16. The van der Waals surface area contributed by atoms with Crippen LogP contribution in [0.1, 0.15) is 32.6 Å². The highest BCUT2D eigenvalue weighted by Crippen LogP contribution is 2.23. The number of carboxylic acid groups (broad SMARTS) is 2. The quantitative estimate of drug-likeness (QED) is 0.588. The first kappa shape index (κ1) is 16.4. The Bertz CT molecular complexity index is 309. The summed E-state index contributed by atoms with van der Waals surface area (Å²) in [6, 6.07) is 0. The molecule has 3 unspecified atom stereocenters. The zero-order valence-electron chi connectivity index (χ0n) is 10.8. The van der Waals surface area contributed by atoms with Gasteiger partial charge in [-0.15, -0.1) is 13.2 Å². The number of aliphatic carboxylic acids is 2. The predicted octanol–water partition coefficient (Wildman–Crippen LogP) is 2.96. The molecule has 0 rings (SSSR count). The van der Waals surface area contributed by atoms with Crippen molar-refractivity contribution in [3.63, 3.8) is 0 Å². The number of carbonyl (C=O) groups is 2. The van der Waals surface area contributed by atoms with Crippen molar-refractivity contribution >= 4 is 11.9 Å². The van der Waals surface area contributed by atoms with Crippen molar-refractivity contribution in [1.29, 1.82) is 0 Å². The molecule has 4 nitrogen and oxygen atoms in total. The minimum absolute atomic E-state index is 0.0350. The summed E-state index contributed by atoms with van der Waals surface area (Å²) in [6.45, 7) is 9.02. The Morgan fingerprint density at radius 3 is 2.06 bits per heavy atom. The topological polar surface area (TPSA) is 74.6 Å². The number of hydrogen-bond acceptors (Lipinski definition) is 2. The van der Waals surface area contributed by atoms with Gasteiger partial charge in [0.15, 0.2) is 0 Å². The molecule has 0 radical (unpaired) electrons. The van der Waals surface area contributed by atoms with Gasteiger partial charge in [0.05, 0.1) is 11.8 Å². The largest absolute Gasteiger partial charge is 0.481 e. The molecule has 0 bridgehead atoms. The second kappa shape index (κ2) is 8.50. The monoisotopic (exact) mass is 254 g/mol. The van der Waals surface area contributed by atoms with E-state index < -0.39 is 17.9 Å². The number of hydrogen-bond donors (Lipinski definition) is 2. The fourth-order valence-electron chi connectivity index (χ4n) is 1.88. The summed E-state index contributed by atoms with van der Waals surface area (Å²) >= 11 is 0. The van der Waals surface area contributed by atoms with E-state index in [4.69, 9.17) is 10.2 Å². The Hall–Kier alpha value is -1.58. The Balaban J connectivity index is 4.34. The molecule has 4 heteroatoms. The minimum atomic E-state index is -0.891. The molecule has 3 atom stereocenters. The van der Waals surface area contributed by atoms with Gasteiger partial charge in [0.1, 0.15) is 0 Å². The zero-order valence-corrected chi connectivity index (χ0v) is 10.8. The summed E-state index contributed by atoms with van der Waals surface area (Å²) in [6.07, 6.45) is 5.30. The van der Waals surface area contributed by atoms with Crippen molar-refractivity contribution in [3.8, 4) is 0 Å². The third-order valence-electron chi connectivity index (χ3n) is 3.21. The van der Waals surface area contributed by atoms with Gasteiger partial charge in [0.25, 0.3) is 0 Å². The van der Waals surface area contributed by atoms with Crippen LogP contribution in [0.15, 0.2) is 25.3 Å². The summed E-state index contributed by atoms with van der Waals surface area (Å²) in [7, 11) is 0. The van der Waals surface area contributed by atoms with Gasteiger partial charge in [-0.25, -0.2) is 0 Å². The maximum absolute atomic E-state index is 10.9. The SMILES string of the molecule is C=CC(CCC(C=C)C(=O)O)CC(CC)C(=O)O. The molecule has 0 heterocycles. The molecule has 0 aliphatic carbocycles. The van der Waals surface area contributed by atoms with E-state index in [0.29, 0.717) is 25.7 Å². The van der Waals surface area contributed by atoms with Gasteiger partial charge in [-0.1, -0.05) is 19.1 Å². The number of allylic oxidation sites excluding steroid dienone is 1. The molecule has 0 spiro atoms. The maximum Gasteiger partial charge on any atom is 0.310 e. The van der Waals surface area contributed by atoms with E-state index in [2.05, 4.69) is 13.2 Å². The Morgan fingerprint density at radius 2 is 1.72 bits per heavy atom. The van der Waals surface area contributed by atoms with Crippen LogP contribution >= 0.6 is 0 Å². The lowest BCUT2D eigenvalue weighted by Crippen LogP contribution is -2.18. The predicted molar refractivity (Wildman–Crippen MR) is 70.3 cm³/mol. The van der Waals surface area contributed by atoms with Crippen molar-refractivity contribution in [2.45, 2.75) is 32.6 Å². The van der Waals surface area contributed by atoms with Crippen LogP contribution in [0, 0.1) is 17.8 Å². The van der Waals surface area contributed by atoms with Crippen molar-refractivity contribution in [2.24, 2.45) is 17.8 Å². The van der Waals surface area contributed by atoms with E-state index in [1.807, 2.05) is 6.92 Å². The third-order valence-corrected chi connectivity index (χ3v) is 3.21. The second-order valence-electron chi connectivity index (χ2n) is 4.43. The Labute approximate surface area is 108 Å². The van der Waals surface area contributed by atoms with E-state index in [9.17, 15) is 9.59 Å². The van der Waals surface area contributed by atoms with Gasteiger partial charge >= 0.3 is 11.9 Å². The van der Waals surface area contributed by atoms with E-state index in [1.54, 1.807) is 6.08 Å². The van der Waals surface area contributed by atoms with Crippen LogP contribution in [0.2, 0.25) is 0 Å². The van der Waals surface area contributed by atoms with E-state index in [0.717, 1.165) is 0 Å². The van der Waals surface area contributed by atoms with Crippen molar-refractivity contribution in [1.82, 2.24) is 0 Å². The summed E-state index contributed by atoms with van der Waals surface area (Å²) in [4.78, 5) is 21.8. The van der Waals surface area contributed by atoms with Crippen molar-refractivity contribution in [3.05, 3.63) is 25.3 Å². The third kappa shape index (κ3) is 5.66. The molecule has 0 aromatic carbocycles. The molecule has 0 aliphatic rings. The second-order valence-corrected chi connectivity index (χ2v) is 4.43. The fraction of sp³-hybridized carbons (Fsp3) is 0.571. The van der Waals surface area contributed by atoms with Crippen LogP contribution in [0.25, 0.3) is 0 Å². The molecule has 0 saturated heterocycles. The van der Waals surface area contributed by atoms with Crippen LogP contribution in [-0.2, 0) is 9.59 Å². The van der Waals surface area contributed by atoms with Gasteiger partial charge in [-0.2, -0.15) is 0 Å². The Kier molecular flexibility index (Phi) is 7.76. The van der Waals surface area contributed by atoms with Gasteiger partial charge < -0.3 is 10.2 Å². The average Bonchev–Trinajstić information content (AvgIpc) is 2.32. The van der Waals surface area contributed by atoms with Gasteiger partial charge in [-0.3, -0.25) is 9.59 Å². The molecule has 0 amide bonds. The van der Waals surface area contributed by atoms with E-state index in [1.165, 1.54) is 6.08 Å². The maximum atomic E-state index is 10.9. The van der Waals surface area contributed by atoms with Crippen LogP contribution in [0.3, 0.4) is 0 Å². The standard InChI is InChI=1S/C14H22O4/c1-4-10(9-12(6-3)14(17)18)7-8-11(5-2)13(15)16/h4-5,10-12H,1-2,6-9H2,3H3,(H,15,16)(H,17,18). The lowest BCUT2D eigenvalue weighted by molar-refractivity contribution is -0.143. The summed E-state index contributed by atoms with van der Waals surface area (Å²) in [5.41, 5.74) is 0. The molecule has 0 aromatic rings. The highest BCUT2D eigenvalue weighted by molar-refractivity contribution is 5.72. The summed E-state index contributed by atoms with van der Waals surface area (Å²) in [5.74, 6) is -2.62. The van der Waals surface area contributed by atoms with Crippen LogP contribution in [0.5, 0.6) is 0 Å². The van der Waals surface area contributed by atoms with E-state index in [-0.39, 0.29) is 11.8 Å². The normalized spacial score (nSPS) is 15.4. The molecule has 18 heavy (non-hydrogen) atoms. The first-order chi connectivity index (χ1) is 8.46. The van der Waals surface area contributed by atoms with Crippen LogP contribution in [0.4, 0.5) is 0 Å². The molecule has 2 N–H and O–H groups in total. The number of carboxylic acids is 2. The first-order valence-electron chi connectivity index (χ1n) is 6.16. The highest BCUT2D eigenvalue weighted by Gasteiger charge is 2.21.